The van der Waals surface area contributed by atoms with Crippen LogP contribution in [-0.4, -0.2) is 18.5 Å². The van der Waals surface area contributed by atoms with Crippen LogP contribution in [0.5, 0.6) is 0 Å². The van der Waals surface area contributed by atoms with E-state index in [0.717, 1.165) is 12.8 Å². The monoisotopic (exact) mass is 325 g/mol. The van der Waals surface area contributed by atoms with E-state index in [1.165, 1.54) is 12.1 Å². The summed E-state index contributed by atoms with van der Waals surface area (Å²) in [4.78, 5) is 11.4. The molecule has 1 fully saturated rings. The lowest BCUT2D eigenvalue weighted by atomic mass is 10.2. The number of benzene rings is 1. The second kappa shape index (κ2) is 6.02. The Hall–Kier alpha value is -1.61. The molecule has 100 valence electrons. The number of anilines is 1. The highest BCUT2D eigenvalue weighted by atomic mass is 79.9. The Morgan fingerprint density at radius 1 is 1.53 bits per heavy atom. The fraction of sp³-hybridized carbons (Fsp3) is 0.385. The van der Waals surface area contributed by atoms with Gasteiger partial charge in [-0.3, -0.25) is 4.79 Å². The highest BCUT2D eigenvalue weighted by Crippen LogP contribution is 2.26. The van der Waals surface area contributed by atoms with E-state index in [0.29, 0.717) is 19.0 Å². The first kappa shape index (κ1) is 13.8. The van der Waals surface area contributed by atoms with Gasteiger partial charge in [-0.2, -0.15) is 5.26 Å². The zero-order chi connectivity index (χ0) is 13.8. The van der Waals surface area contributed by atoms with Gasteiger partial charge in [-0.25, -0.2) is 4.39 Å². The third-order valence-corrected chi connectivity index (χ3v) is 3.59. The van der Waals surface area contributed by atoms with Crippen LogP contribution in [-0.2, 0) is 4.79 Å². The minimum Gasteiger partial charge on any atom is -0.382 e. The number of nitriles is 1. The Labute approximate surface area is 119 Å². The van der Waals surface area contributed by atoms with Crippen molar-refractivity contribution in [3.8, 4) is 6.07 Å². The van der Waals surface area contributed by atoms with Crippen molar-refractivity contribution < 1.29 is 9.18 Å². The van der Waals surface area contributed by atoms with Crippen molar-refractivity contribution in [2.75, 3.05) is 11.9 Å². The normalized spacial score (nSPS) is 13.7. The number of carbonyl (C=O) groups excluding carboxylic acids is 1. The molecule has 1 aliphatic carbocycles. The van der Waals surface area contributed by atoms with Gasteiger partial charge in [-0.1, -0.05) is 0 Å². The topological polar surface area (TPSA) is 64.9 Å². The minimum atomic E-state index is -0.512. The maximum atomic E-state index is 13.8. The third kappa shape index (κ3) is 3.67. The van der Waals surface area contributed by atoms with Gasteiger partial charge in [0.25, 0.3) is 0 Å². The fourth-order valence-electron chi connectivity index (χ4n) is 1.61. The summed E-state index contributed by atoms with van der Waals surface area (Å²) < 4.78 is 14.0. The van der Waals surface area contributed by atoms with Crippen LogP contribution in [0.2, 0.25) is 0 Å². The lowest BCUT2D eigenvalue weighted by molar-refractivity contribution is -0.120. The molecule has 0 unspecified atom stereocenters. The third-order valence-electron chi connectivity index (χ3n) is 2.81. The maximum Gasteiger partial charge on any atom is 0.221 e. The first-order chi connectivity index (χ1) is 9.11. The number of amides is 1. The molecule has 19 heavy (non-hydrogen) atoms. The van der Waals surface area contributed by atoms with E-state index in [1.54, 1.807) is 0 Å². The second-order valence-corrected chi connectivity index (χ2v) is 5.21. The van der Waals surface area contributed by atoms with Crippen LogP contribution in [0.15, 0.2) is 16.6 Å². The smallest absolute Gasteiger partial charge is 0.221 e. The van der Waals surface area contributed by atoms with Crippen LogP contribution >= 0.6 is 15.9 Å². The van der Waals surface area contributed by atoms with Crippen LogP contribution in [0.4, 0.5) is 10.1 Å². The van der Waals surface area contributed by atoms with Crippen molar-refractivity contribution >= 4 is 27.5 Å². The van der Waals surface area contributed by atoms with Gasteiger partial charge in [-0.05, 0) is 40.9 Å². The highest BCUT2D eigenvalue weighted by Gasteiger charge is 2.22. The Kier molecular flexibility index (Phi) is 4.38. The number of hydrogen-bond acceptors (Lipinski definition) is 3. The number of rotatable bonds is 5. The van der Waals surface area contributed by atoms with E-state index in [2.05, 4.69) is 26.6 Å². The molecule has 1 amide bonds. The number of nitrogens with one attached hydrogen (secondary N) is 2. The summed E-state index contributed by atoms with van der Waals surface area (Å²) in [6.45, 7) is 0.355. The van der Waals surface area contributed by atoms with Crippen molar-refractivity contribution in [2.24, 2.45) is 0 Å². The molecule has 0 spiro atoms. The van der Waals surface area contributed by atoms with E-state index in [1.807, 2.05) is 6.07 Å². The van der Waals surface area contributed by atoms with Crippen LogP contribution < -0.4 is 10.6 Å². The molecular weight excluding hydrogens is 313 g/mol. The standard InChI is InChI=1S/C13H13BrFN3O/c14-12-8(7-16)1-4-10(13(12)15)17-6-5-11(19)18-9-2-3-9/h1,4,9,17H,2-3,5-6H2,(H,18,19). The molecule has 1 aromatic carbocycles. The summed E-state index contributed by atoms with van der Waals surface area (Å²) in [5.74, 6) is -0.537. The zero-order valence-electron chi connectivity index (χ0n) is 10.2. The Bertz CT molecular complexity index is 537. The molecule has 1 saturated carbocycles. The molecule has 0 atom stereocenters. The summed E-state index contributed by atoms with van der Waals surface area (Å²) in [5.41, 5.74) is 0.527. The average molecular weight is 326 g/mol. The van der Waals surface area contributed by atoms with Crippen LogP contribution in [0.1, 0.15) is 24.8 Å². The second-order valence-electron chi connectivity index (χ2n) is 4.42. The van der Waals surface area contributed by atoms with Crippen molar-refractivity contribution in [3.05, 3.63) is 28.0 Å². The number of halogens is 2. The van der Waals surface area contributed by atoms with Crippen LogP contribution in [0.3, 0.4) is 0 Å². The molecule has 0 bridgehead atoms. The fourth-order valence-corrected chi connectivity index (χ4v) is 2.04. The van der Waals surface area contributed by atoms with Crippen molar-refractivity contribution in [3.63, 3.8) is 0 Å². The molecule has 0 aromatic heterocycles. The Morgan fingerprint density at radius 3 is 2.89 bits per heavy atom. The predicted octanol–water partition coefficient (Wildman–Crippen LogP) is 2.54. The lowest BCUT2D eigenvalue weighted by Gasteiger charge is -2.09. The molecular formula is C13H13BrFN3O. The van der Waals surface area contributed by atoms with Crippen molar-refractivity contribution in [1.82, 2.24) is 5.32 Å². The summed E-state index contributed by atoms with van der Waals surface area (Å²) in [6, 6.07) is 5.25. The zero-order valence-corrected chi connectivity index (χ0v) is 11.8. The van der Waals surface area contributed by atoms with Gasteiger partial charge in [0.05, 0.1) is 15.7 Å². The van der Waals surface area contributed by atoms with Crippen LogP contribution in [0.25, 0.3) is 0 Å². The van der Waals surface area contributed by atoms with Crippen molar-refractivity contribution in [2.45, 2.75) is 25.3 Å². The van der Waals surface area contributed by atoms with E-state index >= 15 is 0 Å². The molecule has 0 radical (unpaired) electrons. The molecule has 2 N–H and O–H groups in total. The molecule has 1 aliphatic rings. The Morgan fingerprint density at radius 2 is 2.26 bits per heavy atom. The quantitative estimate of drug-likeness (QED) is 0.874. The van der Waals surface area contributed by atoms with Gasteiger partial charge in [0.15, 0.2) is 5.82 Å². The summed E-state index contributed by atoms with van der Waals surface area (Å²) in [5, 5.41) is 14.5. The molecule has 0 aliphatic heterocycles. The molecule has 0 saturated heterocycles. The van der Waals surface area contributed by atoms with E-state index in [9.17, 15) is 9.18 Å². The lowest BCUT2D eigenvalue weighted by Crippen LogP contribution is -2.27. The maximum absolute atomic E-state index is 13.8. The Balaban J connectivity index is 1.87. The summed E-state index contributed by atoms with van der Waals surface area (Å²) in [7, 11) is 0. The number of hydrogen-bond donors (Lipinski definition) is 2. The van der Waals surface area contributed by atoms with E-state index < -0.39 is 5.82 Å². The first-order valence-electron chi connectivity index (χ1n) is 6.03. The van der Waals surface area contributed by atoms with Gasteiger partial charge < -0.3 is 10.6 Å². The van der Waals surface area contributed by atoms with Gasteiger partial charge in [-0.15, -0.1) is 0 Å². The summed E-state index contributed by atoms with van der Waals surface area (Å²) >= 11 is 3.04. The average Bonchev–Trinajstić information content (AvgIpc) is 3.18. The molecule has 0 heterocycles. The molecule has 6 heteroatoms. The van der Waals surface area contributed by atoms with E-state index in [-0.39, 0.29) is 21.6 Å². The number of carbonyl (C=O) groups is 1. The summed E-state index contributed by atoms with van der Waals surface area (Å²) in [6.07, 6.45) is 2.40. The highest BCUT2D eigenvalue weighted by molar-refractivity contribution is 9.10. The molecule has 1 aromatic rings. The largest absolute Gasteiger partial charge is 0.382 e. The van der Waals surface area contributed by atoms with Gasteiger partial charge in [0.1, 0.15) is 6.07 Å². The predicted molar refractivity (Wildman–Crippen MR) is 73.1 cm³/mol. The first-order valence-corrected chi connectivity index (χ1v) is 6.82. The van der Waals surface area contributed by atoms with Crippen LogP contribution in [0, 0.1) is 17.1 Å². The van der Waals surface area contributed by atoms with Crippen molar-refractivity contribution in [1.29, 1.82) is 5.26 Å². The van der Waals surface area contributed by atoms with Gasteiger partial charge in [0, 0.05) is 19.0 Å². The van der Waals surface area contributed by atoms with Gasteiger partial charge >= 0.3 is 0 Å². The van der Waals surface area contributed by atoms with Gasteiger partial charge in [0.2, 0.25) is 5.91 Å². The van der Waals surface area contributed by atoms with E-state index in [4.69, 9.17) is 5.26 Å². The molecule has 4 nitrogen and oxygen atoms in total. The SMILES string of the molecule is N#Cc1ccc(NCCC(=O)NC2CC2)c(F)c1Br. The molecule has 2 rings (SSSR count). The number of nitrogens with zero attached hydrogens (tertiary/aromatic N) is 1. The minimum absolute atomic E-state index is 0.0249.